The second-order valence-electron chi connectivity index (χ2n) is 14.8. The zero-order valence-electron chi connectivity index (χ0n) is 30.3. The SMILES string of the molecule is COc1ccc(OC)c(P(C2CCCCC2)C2CCCCC2)c1-c1c(C(C)C)cc(C(c2ccccc2)c2ccccc2)cc1C(C)C. The Morgan fingerprint density at radius 3 is 1.38 bits per heavy atom. The fourth-order valence-corrected chi connectivity index (χ4v) is 12.8. The lowest BCUT2D eigenvalue weighted by molar-refractivity contribution is 0.406. The third-order valence-corrected chi connectivity index (χ3v) is 14.6. The van der Waals surface area contributed by atoms with Crippen LogP contribution in [0.4, 0.5) is 0 Å². The van der Waals surface area contributed by atoms with Gasteiger partial charge in [-0.3, -0.25) is 0 Å². The first kappa shape index (κ1) is 34.8. The Bertz CT molecular complexity index is 1530. The Hall–Kier alpha value is -3.09. The highest BCUT2D eigenvalue weighted by Gasteiger charge is 2.38. The van der Waals surface area contributed by atoms with E-state index < -0.39 is 7.92 Å². The van der Waals surface area contributed by atoms with Crippen molar-refractivity contribution in [3.05, 3.63) is 113 Å². The zero-order valence-corrected chi connectivity index (χ0v) is 31.2. The first-order valence-corrected chi connectivity index (χ1v) is 20.2. The average Bonchev–Trinajstić information content (AvgIpc) is 3.13. The minimum Gasteiger partial charge on any atom is -0.496 e. The van der Waals surface area contributed by atoms with Crippen molar-refractivity contribution < 1.29 is 9.47 Å². The average molecular weight is 661 g/mol. The van der Waals surface area contributed by atoms with Gasteiger partial charge >= 0.3 is 0 Å². The standard InChI is InChI=1S/C45H57O2P/c1-31(2)38-29-35(42(33-19-11-7-12-20-33)34-21-13-8-14-22-34)30-39(32(3)4)43(38)44-40(46-5)27-28-41(47-6)45(44)48(36-23-15-9-16-24-36)37-25-17-10-18-26-37/h7-8,11-14,19-22,27-32,36-37,42H,9-10,15-18,23-26H2,1-6H3. The minimum atomic E-state index is -0.446. The van der Waals surface area contributed by atoms with E-state index in [1.54, 1.807) is 0 Å². The van der Waals surface area contributed by atoms with Crippen LogP contribution >= 0.6 is 7.92 Å². The molecule has 2 aliphatic carbocycles. The van der Waals surface area contributed by atoms with Crippen molar-refractivity contribution in [2.45, 2.75) is 121 Å². The molecule has 0 aromatic heterocycles. The number of hydrogen-bond acceptors (Lipinski definition) is 2. The number of methoxy groups -OCH3 is 2. The van der Waals surface area contributed by atoms with E-state index in [0.717, 1.165) is 22.8 Å². The summed E-state index contributed by atoms with van der Waals surface area (Å²) >= 11 is 0. The first-order chi connectivity index (χ1) is 23.4. The van der Waals surface area contributed by atoms with Gasteiger partial charge in [0.05, 0.1) is 14.2 Å². The van der Waals surface area contributed by atoms with Crippen LogP contribution in [0.2, 0.25) is 0 Å². The van der Waals surface area contributed by atoms with E-state index in [1.807, 2.05) is 14.2 Å². The van der Waals surface area contributed by atoms with E-state index >= 15 is 0 Å². The van der Waals surface area contributed by atoms with Gasteiger partial charge in [-0.2, -0.15) is 0 Å². The summed E-state index contributed by atoms with van der Waals surface area (Å²) in [5, 5.41) is 1.49. The van der Waals surface area contributed by atoms with E-state index in [0.29, 0.717) is 11.8 Å². The van der Waals surface area contributed by atoms with Crippen LogP contribution in [0.3, 0.4) is 0 Å². The van der Waals surface area contributed by atoms with Gasteiger partial charge in [0.2, 0.25) is 0 Å². The van der Waals surface area contributed by atoms with Crippen LogP contribution in [0.5, 0.6) is 11.5 Å². The molecule has 2 saturated carbocycles. The van der Waals surface area contributed by atoms with E-state index in [-0.39, 0.29) is 5.92 Å². The van der Waals surface area contributed by atoms with Crippen molar-refractivity contribution in [2.24, 2.45) is 0 Å². The van der Waals surface area contributed by atoms with Crippen LogP contribution in [0.15, 0.2) is 84.9 Å². The molecule has 0 amide bonds. The number of hydrogen-bond donors (Lipinski definition) is 0. The molecule has 2 aliphatic rings. The lowest BCUT2D eigenvalue weighted by atomic mass is 9.78. The minimum absolute atomic E-state index is 0.157. The Labute approximate surface area is 292 Å². The third-order valence-electron chi connectivity index (χ3n) is 11.1. The molecule has 0 heterocycles. The Kier molecular flexibility index (Phi) is 11.6. The van der Waals surface area contributed by atoms with Gasteiger partial charge in [0, 0.05) is 16.8 Å². The first-order valence-electron chi connectivity index (χ1n) is 18.7. The fourth-order valence-electron chi connectivity index (χ4n) is 8.71. The van der Waals surface area contributed by atoms with E-state index in [2.05, 4.69) is 113 Å². The molecule has 0 radical (unpaired) electrons. The molecule has 0 atom stereocenters. The van der Waals surface area contributed by atoms with Crippen molar-refractivity contribution >= 4 is 13.2 Å². The molecule has 0 aliphatic heterocycles. The van der Waals surface area contributed by atoms with Crippen LogP contribution in [-0.2, 0) is 0 Å². The maximum absolute atomic E-state index is 6.41. The summed E-state index contributed by atoms with van der Waals surface area (Å²) in [5.41, 5.74) is 11.1. The van der Waals surface area contributed by atoms with Crippen LogP contribution in [-0.4, -0.2) is 25.5 Å². The predicted molar refractivity (Wildman–Crippen MR) is 207 cm³/mol. The summed E-state index contributed by atoms with van der Waals surface area (Å²) in [6.07, 6.45) is 13.6. The molecule has 2 fully saturated rings. The van der Waals surface area contributed by atoms with Crippen molar-refractivity contribution in [3.8, 4) is 22.6 Å². The molecular weight excluding hydrogens is 603 g/mol. The Morgan fingerprint density at radius 1 is 0.521 bits per heavy atom. The molecule has 4 aromatic rings. The largest absolute Gasteiger partial charge is 0.496 e. The van der Waals surface area contributed by atoms with Gasteiger partial charge in [-0.15, -0.1) is 0 Å². The van der Waals surface area contributed by atoms with Crippen molar-refractivity contribution in [2.75, 3.05) is 14.2 Å². The molecule has 0 unspecified atom stereocenters. The van der Waals surface area contributed by atoms with Crippen molar-refractivity contribution in [3.63, 3.8) is 0 Å². The second kappa shape index (κ2) is 16.1. The van der Waals surface area contributed by atoms with Gasteiger partial charge in [-0.25, -0.2) is 0 Å². The summed E-state index contributed by atoms with van der Waals surface area (Å²) in [5.74, 6) is 2.91. The molecule has 2 nitrogen and oxygen atoms in total. The van der Waals surface area contributed by atoms with E-state index in [4.69, 9.17) is 9.47 Å². The third kappa shape index (κ3) is 7.26. The normalized spacial score (nSPS) is 16.3. The van der Waals surface area contributed by atoms with Crippen LogP contribution in [0.25, 0.3) is 11.1 Å². The summed E-state index contributed by atoms with van der Waals surface area (Å²) in [4.78, 5) is 0. The monoisotopic (exact) mass is 660 g/mol. The summed E-state index contributed by atoms with van der Waals surface area (Å²) in [7, 11) is 3.32. The van der Waals surface area contributed by atoms with E-state index in [1.165, 1.54) is 108 Å². The Morgan fingerprint density at radius 2 is 0.958 bits per heavy atom. The number of ether oxygens (including phenoxy) is 2. The maximum Gasteiger partial charge on any atom is 0.127 e. The van der Waals surface area contributed by atoms with Crippen molar-refractivity contribution in [1.82, 2.24) is 0 Å². The molecule has 3 heteroatoms. The smallest absolute Gasteiger partial charge is 0.127 e. The van der Waals surface area contributed by atoms with Gasteiger partial charge in [0.25, 0.3) is 0 Å². The summed E-state index contributed by atoms with van der Waals surface area (Å²) in [6.45, 7) is 9.52. The molecule has 0 N–H and O–H groups in total. The van der Waals surface area contributed by atoms with Gasteiger partial charge < -0.3 is 9.47 Å². The van der Waals surface area contributed by atoms with Gasteiger partial charge in [-0.1, -0.05) is 147 Å². The zero-order chi connectivity index (χ0) is 33.6. The van der Waals surface area contributed by atoms with E-state index in [9.17, 15) is 0 Å². The molecule has 6 rings (SSSR count). The van der Waals surface area contributed by atoms with Crippen molar-refractivity contribution in [1.29, 1.82) is 0 Å². The molecular formula is C45H57O2P. The topological polar surface area (TPSA) is 18.5 Å². The summed E-state index contributed by atoms with van der Waals surface area (Å²) in [6, 6.07) is 31.6. The van der Waals surface area contributed by atoms with Crippen LogP contribution in [0, 0.1) is 0 Å². The maximum atomic E-state index is 6.41. The van der Waals surface area contributed by atoms with Crippen LogP contribution in [0.1, 0.15) is 137 Å². The lowest BCUT2D eigenvalue weighted by Gasteiger charge is -2.41. The fraction of sp³-hybridized carbons (Fsp3) is 0.467. The second-order valence-corrected chi connectivity index (χ2v) is 17.5. The Balaban J connectivity index is 1.65. The molecule has 254 valence electrons. The lowest BCUT2D eigenvalue weighted by Crippen LogP contribution is -2.28. The highest BCUT2D eigenvalue weighted by atomic mass is 31.1. The quantitative estimate of drug-likeness (QED) is 0.118. The summed E-state index contributed by atoms with van der Waals surface area (Å²) < 4.78 is 12.8. The molecule has 0 saturated heterocycles. The van der Waals surface area contributed by atoms with Crippen LogP contribution < -0.4 is 14.8 Å². The molecule has 4 aromatic carbocycles. The highest BCUT2D eigenvalue weighted by Crippen LogP contribution is 2.59. The number of benzene rings is 4. The molecule has 48 heavy (non-hydrogen) atoms. The molecule has 0 bridgehead atoms. The van der Waals surface area contributed by atoms with Gasteiger partial charge in [-0.05, 0) is 94.4 Å². The molecule has 0 spiro atoms. The van der Waals surface area contributed by atoms with Gasteiger partial charge in [0.1, 0.15) is 11.5 Å². The van der Waals surface area contributed by atoms with Gasteiger partial charge in [0.15, 0.2) is 0 Å². The predicted octanol–water partition coefficient (Wildman–Crippen LogP) is 12.6. The number of rotatable bonds is 11. The highest BCUT2D eigenvalue weighted by molar-refractivity contribution is 7.67.